The third kappa shape index (κ3) is 4.86. The number of aryl methyl sites for hydroxylation is 1. The molecule has 0 fully saturated rings. The molecule has 17 heavy (non-hydrogen) atoms. The lowest BCUT2D eigenvalue weighted by Crippen LogP contribution is -2.34. The largest absolute Gasteiger partial charge is 0.323 e. The van der Waals surface area contributed by atoms with Gasteiger partial charge in [0.1, 0.15) is 0 Å². The van der Waals surface area contributed by atoms with Crippen LogP contribution in [0.3, 0.4) is 0 Å². The van der Waals surface area contributed by atoms with Crippen molar-refractivity contribution in [3.05, 3.63) is 35.4 Å². The fraction of sp³-hybridized carbons (Fsp3) is 0.571. The Hall–Kier alpha value is -0.900. The number of rotatable bonds is 6. The Balaban J connectivity index is 2.49. The fourth-order valence-corrected chi connectivity index (χ4v) is 1.90. The van der Waals surface area contributed by atoms with Crippen LogP contribution in [0.5, 0.6) is 0 Å². The summed E-state index contributed by atoms with van der Waals surface area (Å²) in [5, 5.41) is 0. The summed E-state index contributed by atoms with van der Waals surface area (Å²) in [5.41, 5.74) is 8.78. The molecule has 0 saturated heterocycles. The molecule has 0 radical (unpaired) electrons. The molecule has 96 valence electrons. The average Bonchev–Trinajstić information content (AvgIpc) is 2.26. The van der Waals surface area contributed by atoms with Crippen molar-refractivity contribution in [2.75, 3.05) is 40.8 Å². The number of likely N-dealkylation sites (N-methyl/N-ethyl adjacent to an activating group) is 2. The van der Waals surface area contributed by atoms with Crippen LogP contribution in [-0.2, 0) is 0 Å². The van der Waals surface area contributed by atoms with E-state index in [1.807, 2.05) is 0 Å². The Morgan fingerprint density at radius 1 is 1.12 bits per heavy atom. The van der Waals surface area contributed by atoms with Crippen molar-refractivity contribution < 1.29 is 0 Å². The van der Waals surface area contributed by atoms with Crippen LogP contribution in [0, 0.1) is 6.92 Å². The van der Waals surface area contributed by atoms with Gasteiger partial charge in [0.25, 0.3) is 0 Å². The molecule has 0 amide bonds. The molecule has 2 N–H and O–H groups in total. The summed E-state index contributed by atoms with van der Waals surface area (Å²) in [4.78, 5) is 4.48. The molecule has 3 heteroatoms. The van der Waals surface area contributed by atoms with E-state index in [1.165, 1.54) is 11.1 Å². The van der Waals surface area contributed by atoms with Crippen LogP contribution in [0.25, 0.3) is 0 Å². The van der Waals surface area contributed by atoms with Crippen molar-refractivity contribution in [3.63, 3.8) is 0 Å². The van der Waals surface area contributed by atoms with Crippen LogP contribution in [0.2, 0.25) is 0 Å². The Morgan fingerprint density at radius 3 is 2.35 bits per heavy atom. The number of hydrogen-bond acceptors (Lipinski definition) is 3. The van der Waals surface area contributed by atoms with Gasteiger partial charge < -0.3 is 15.5 Å². The summed E-state index contributed by atoms with van der Waals surface area (Å²) < 4.78 is 0. The molecule has 0 bridgehead atoms. The van der Waals surface area contributed by atoms with Gasteiger partial charge in [0, 0.05) is 25.7 Å². The molecular formula is C14H25N3. The van der Waals surface area contributed by atoms with E-state index in [-0.39, 0.29) is 6.04 Å². The van der Waals surface area contributed by atoms with Gasteiger partial charge in [-0.25, -0.2) is 0 Å². The van der Waals surface area contributed by atoms with Gasteiger partial charge in [-0.2, -0.15) is 0 Å². The lowest BCUT2D eigenvalue weighted by atomic mass is 10.0. The van der Waals surface area contributed by atoms with E-state index in [1.54, 1.807) is 0 Å². The van der Waals surface area contributed by atoms with Crippen LogP contribution in [-0.4, -0.2) is 50.6 Å². The standard InChI is InChI=1S/C14H25N3/c1-12-7-5-6-8-13(12)14(15)11-17(4)10-9-16(2)3/h5-8,14H,9-11,15H2,1-4H3. The zero-order valence-electron chi connectivity index (χ0n) is 11.5. The molecular weight excluding hydrogens is 210 g/mol. The molecule has 0 aliphatic rings. The molecule has 1 aromatic rings. The van der Waals surface area contributed by atoms with Gasteiger partial charge in [0.2, 0.25) is 0 Å². The highest BCUT2D eigenvalue weighted by atomic mass is 15.2. The maximum absolute atomic E-state index is 6.25. The van der Waals surface area contributed by atoms with Crippen LogP contribution in [0.4, 0.5) is 0 Å². The Morgan fingerprint density at radius 2 is 1.76 bits per heavy atom. The molecule has 3 nitrogen and oxygen atoms in total. The lowest BCUT2D eigenvalue weighted by Gasteiger charge is -2.23. The highest BCUT2D eigenvalue weighted by molar-refractivity contribution is 5.28. The van der Waals surface area contributed by atoms with Crippen LogP contribution < -0.4 is 5.73 Å². The first kappa shape index (κ1) is 14.2. The Kier molecular flexibility index (Phi) is 5.62. The molecule has 0 aliphatic heterocycles. The predicted molar refractivity (Wildman–Crippen MR) is 74.2 cm³/mol. The van der Waals surface area contributed by atoms with Gasteiger partial charge in [-0.05, 0) is 39.2 Å². The van der Waals surface area contributed by atoms with Gasteiger partial charge in [-0.15, -0.1) is 0 Å². The normalized spacial score (nSPS) is 13.4. The van der Waals surface area contributed by atoms with E-state index < -0.39 is 0 Å². The lowest BCUT2D eigenvalue weighted by molar-refractivity contribution is 0.269. The first-order chi connectivity index (χ1) is 8.00. The van der Waals surface area contributed by atoms with E-state index in [0.29, 0.717) is 0 Å². The number of nitrogens with zero attached hydrogens (tertiary/aromatic N) is 2. The third-order valence-electron chi connectivity index (χ3n) is 3.03. The summed E-state index contributed by atoms with van der Waals surface area (Å²) in [6.07, 6.45) is 0. The molecule has 0 aliphatic carbocycles. The van der Waals surface area contributed by atoms with E-state index in [9.17, 15) is 0 Å². The van der Waals surface area contributed by atoms with Gasteiger partial charge in [-0.3, -0.25) is 0 Å². The van der Waals surface area contributed by atoms with Crippen LogP contribution in [0.1, 0.15) is 17.2 Å². The molecule has 1 unspecified atom stereocenters. The molecule has 0 aromatic heterocycles. The van der Waals surface area contributed by atoms with E-state index in [4.69, 9.17) is 5.73 Å². The van der Waals surface area contributed by atoms with Crippen molar-refractivity contribution in [2.24, 2.45) is 5.73 Å². The summed E-state index contributed by atoms with van der Waals surface area (Å²) in [6, 6.07) is 8.46. The number of hydrogen-bond donors (Lipinski definition) is 1. The van der Waals surface area contributed by atoms with E-state index >= 15 is 0 Å². The maximum Gasteiger partial charge on any atom is 0.0426 e. The SMILES string of the molecule is Cc1ccccc1C(N)CN(C)CCN(C)C. The van der Waals surface area contributed by atoms with Gasteiger partial charge >= 0.3 is 0 Å². The number of benzene rings is 1. The van der Waals surface area contributed by atoms with E-state index in [2.05, 4.69) is 62.1 Å². The molecule has 1 rings (SSSR count). The van der Waals surface area contributed by atoms with Gasteiger partial charge in [-0.1, -0.05) is 24.3 Å². The van der Waals surface area contributed by atoms with Crippen molar-refractivity contribution in [1.82, 2.24) is 9.80 Å². The average molecular weight is 235 g/mol. The minimum absolute atomic E-state index is 0.100. The van der Waals surface area contributed by atoms with Crippen LogP contribution >= 0.6 is 0 Å². The Bertz CT molecular complexity index is 336. The van der Waals surface area contributed by atoms with Crippen molar-refractivity contribution >= 4 is 0 Å². The molecule has 1 atom stereocenters. The maximum atomic E-state index is 6.25. The minimum atomic E-state index is 0.100. The highest BCUT2D eigenvalue weighted by Gasteiger charge is 2.10. The summed E-state index contributed by atoms with van der Waals surface area (Å²) in [5.74, 6) is 0. The number of nitrogens with two attached hydrogens (primary N) is 1. The molecule has 0 saturated carbocycles. The quantitative estimate of drug-likeness (QED) is 0.811. The van der Waals surface area contributed by atoms with Crippen molar-refractivity contribution in [3.8, 4) is 0 Å². The molecule has 0 heterocycles. The summed E-state index contributed by atoms with van der Waals surface area (Å²) in [7, 11) is 6.31. The zero-order chi connectivity index (χ0) is 12.8. The second-order valence-electron chi connectivity index (χ2n) is 5.03. The summed E-state index contributed by atoms with van der Waals surface area (Å²) >= 11 is 0. The van der Waals surface area contributed by atoms with Crippen LogP contribution in [0.15, 0.2) is 24.3 Å². The second-order valence-corrected chi connectivity index (χ2v) is 5.03. The first-order valence-electron chi connectivity index (χ1n) is 6.15. The highest BCUT2D eigenvalue weighted by Crippen LogP contribution is 2.15. The van der Waals surface area contributed by atoms with E-state index in [0.717, 1.165) is 19.6 Å². The van der Waals surface area contributed by atoms with Gasteiger partial charge in [0.15, 0.2) is 0 Å². The third-order valence-corrected chi connectivity index (χ3v) is 3.03. The second kappa shape index (κ2) is 6.74. The van der Waals surface area contributed by atoms with Crippen molar-refractivity contribution in [2.45, 2.75) is 13.0 Å². The van der Waals surface area contributed by atoms with Crippen molar-refractivity contribution in [1.29, 1.82) is 0 Å². The first-order valence-corrected chi connectivity index (χ1v) is 6.15. The monoisotopic (exact) mass is 235 g/mol. The van der Waals surface area contributed by atoms with Gasteiger partial charge in [0.05, 0.1) is 0 Å². The fourth-order valence-electron chi connectivity index (χ4n) is 1.90. The predicted octanol–water partition coefficient (Wildman–Crippen LogP) is 1.49. The summed E-state index contributed by atoms with van der Waals surface area (Å²) in [6.45, 7) is 5.14. The minimum Gasteiger partial charge on any atom is -0.323 e. The topological polar surface area (TPSA) is 32.5 Å². The zero-order valence-corrected chi connectivity index (χ0v) is 11.5. The molecule has 1 aromatic carbocycles. The smallest absolute Gasteiger partial charge is 0.0426 e. The Labute approximate surface area is 105 Å². The molecule has 0 spiro atoms.